The topological polar surface area (TPSA) is 99.7 Å². The first-order valence-corrected chi connectivity index (χ1v) is 8.89. The van der Waals surface area contributed by atoms with Gasteiger partial charge in [-0.1, -0.05) is 12.1 Å². The normalized spacial score (nSPS) is 24.4. The third-order valence-electron chi connectivity index (χ3n) is 5.67. The number of aromatic nitrogens is 1. The van der Waals surface area contributed by atoms with Gasteiger partial charge in [0.15, 0.2) is 5.78 Å². The summed E-state index contributed by atoms with van der Waals surface area (Å²) in [7, 11) is 0. The highest BCUT2D eigenvalue weighted by Gasteiger charge is 2.54. The number of fused-ring (bicyclic) bond motifs is 1. The number of amides is 1. The molecule has 7 heteroatoms. The summed E-state index contributed by atoms with van der Waals surface area (Å²) in [4.78, 5) is 41.5. The number of ether oxygens (including phenoxy) is 1. The van der Waals surface area contributed by atoms with E-state index >= 15 is 0 Å². The minimum atomic E-state index is -0.919. The summed E-state index contributed by atoms with van der Waals surface area (Å²) in [5.74, 6) is -1.39. The number of hydrogen-bond acceptors (Lipinski definition) is 4. The summed E-state index contributed by atoms with van der Waals surface area (Å²) in [6.07, 6.45) is 3.72. The molecule has 7 nitrogen and oxygen atoms in total. The third kappa shape index (κ3) is 2.94. The molecule has 0 radical (unpaired) electrons. The van der Waals surface area contributed by atoms with E-state index in [4.69, 9.17) is 4.74 Å². The van der Waals surface area contributed by atoms with Crippen molar-refractivity contribution in [2.45, 2.75) is 6.42 Å². The number of carbonyl (C=O) groups is 3. The summed E-state index contributed by atoms with van der Waals surface area (Å²) < 4.78 is 5.43. The minimum Gasteiger partial charge on any atom is -0.481 e. The smallest absolute Gasteiger partial charge is 0.311 e. The molecular weight excluding hydrogens is 348 g/mol. The van der Waals surface area contributed by atoms with Gasteiger partial charge in [0, 0.05) is 54.7 Å². The Morgan fingerprint density at radius 1 is 1.11 bits per heavy atom. The number of carboxylic acids is 1. The molecule has 1 aromatic heterocycles. The van der Waals surface area contributed by atoms with E-state index in [0.717, 1.165) is 0 Å². The fourth-order valence-corrected chi connectivity index (χ4v) is 4.03. The largest absolute Gasteiger partial charge is 0.481 e. The molecule has 0 aliphatic carbocycles. The van der Waals surface area contributed by atoms with Crippen LogP contribution in [-0.2, 0) is 9.53 Å². The zero-order valence-electron chi connectivity index (χ0n) is 14.7. The van der Waals surface area contributed by atoms with Crippen molar-refractivity contribution in [2.24, 2.45) is 11.3 Å². The highest BCUT2D eigenvalue weighted by Crippen LogP contribution is 2.42. The van der Waals surface area contributed by atoms with Gasteiger partial charge in [-0.15, -0.1) is 0 Å². The Kier molecular flexibility index (Phi) is 4.31. The van der Waals surface area contributed by atoms with Gasteiger partial charge in [0.25, 0.3) is 5.91 Å². The first-order chi connectivity index (χ1) is 13.0. The van der Waals surface area contributed by atoms with E-state index in [1.54, 1.807) is 47.6 Å². The lowest BCUT2D eigenvalue weighted by molar-refractivity contribution is -0.157. The van der Waals surface area contributed by atoms with Crippen molar-refractivity contribution in [3.05, 3.63) is 59.4 Å². The van der Waals surface area contributed by atoms with Crippen LogP contribution in [0.3, 0.4) is 0 Å². The Morgan fingerprint density at radius 2 is 1.85 bits per heavy atom. The molecule has 0 saturated carbocycles. The first kappa shape index (κ1) is 17.5. The van der Waals surface area contributed by atoms with Crippen LogP contribution in [0, 0.1) is 11.3 Å². The Bertz CT molecular complexity index is 874. The molecule has 0 bridgehead atoms. The van der Waals surface area contributed by atoms with Crippen molar-refractivity contribution in [1.29, 1.82) is 0 Å². The van der Waals surface area contributed by atoms with Crippen LogP contribution in [0.5, 0.6) is 0 Å². The lowest BCUT2D eigenvalue weighted by Crippen LogP contribution is -2.45. The second kappa shape index (κ2) is 6.66. The molecule has 2 aromatic rings. The lowest BCUT2D eigenvalue weighted by Gasteiger charge is -2.33. The van der Waals surface area contributed by atoms with Gasteiger partial charge < -0.3 is 19.7 Å². The van der Waals surface area contributed by atoms with Gasteiger partial charge in [0.05, 0.1) is 12.0 Å². The zero-order valence-corrected chi connectivity index (χ0v) is 14.7. The van der Waals surface area contributed by atoms with E-state index in [-0.39, 0.29) is 24.2 Å². The summed E-state index contributed by atoms with van der Waals surface area (Å²) in [5.41, 5.74) is 0.580. The van der Waals surface area contributed by atoms with Crippen molar-refractivity contribution >= 4 is 17.7 Å². The highest BCUT2D eigenvalue weighted by molar-refractivity contribution is 6.09. The molecule has 4 rings (SSSR count). The van der Waals surface area contributed by atoms with Crippen LogP contribution in [0.4, 0.5) is 0 Å². The van der Waals surface area contributed by atoms with Gasteiger partial charge in [-0.05, 0) is 24.6 Å². The van der Waals surface area contributed by atoms with Crippen LogP contribution in [0.1, 0.15) is 32.7 Å². The third-order valence-corrected chi connectivity index (χ3v) is 5.67. The average molecular weight is 368 g/mol. The quantitative estimate of drug-likeness (QED) is 0.802. The Morgan fingerprint density at radius 3 is 2.48 bits per heavy atom. The Hall–Kier alpha value is -2.93. The fraction of sp³-hybridized carbons (Fsp3) is 0.350. The molecule has 2 fully saturated rings. The second-order valence-electron chi connectivity index (χ2n) is 7.17. The van der Waals surface area contributed by atoms with E-state index in [2.05, 4.69) is 4.98 Å². The van der Waals surface area contributed by atoms with E-state index < -0.39 is 11.4 Å². The number of nitrogens with one attached hydrogen (secondary N) is 1. The molecule has 0 spiro atoms. The van der Waals surface area contributed by atoms with E-state index in [9.17, 15) is 19.5 Å². The molecule has 2 aliphatic heterocycles. The number of ketones is 1. The zero-order chi connectivity index (χ0) is 19.0. The molecule has 2 N–H and O–H groups in total. The van der Waals surface area contributed by atoms with Crippen molar-refractivity contribution in [2.75, 3.05) is 26.3 Å². The number of aliphatic carboxylic acids is 1. The molecular formula is C20H20N2O5. The van der Waals surface area contributed by atoms with Crippen LogP contribution in [-0.4, -0.2) is 59.0 Å². The molecule has 1 aromatic carbocycles. The maximum Gasteiger partial charge on any atom is 0.311 e. The van der Waals surface area contributed by atoms with E-state index in [1.807, 2.05) is 0 Å². The number of likely N-dealkylation sites (tertiary alicyclic amines) is 1. The molecule has 1 amide bonds. The standard InChI is InChI=1S/C20H20N2O5/c23-17(15-5-7-21-9-15)13-1-3-14(4-2-13)18(24)22-10-16-11-27-8-6-20(16,12-22)19(25)26/h1-5,7,9,16,21H,6,8,10-12H2,(H,25,26)/t16-,20+/m0/s1. The second-order valence-corrected chi connectivity index (χ2v) is 7.17. The first-order valence-electron chi connectivity index (χ1n) is 8.89. The molecule has 3 heterocycles. The molecule has 27 heavy (non-hydrogen) atoms. The Labute approximate surface area is 155 Å². The molecule has 2 atom stereocenters. The summed E-state index contributed by atoms with van der Waals surface area (Å²) >= 11 is 0. The van der Waals surface area contributed by atoms with Gasteiger partial charge in [-0.3, -0.25) is 14.4 Å². The maximum absolute atomic E-state index is 12.9. The van der Waals surface area contributed by atoms with Crippen LogP contribution >= 0.6 is 0 Å². The van der Waals surface area contributed by atoms with Gasteiger partial charge in [0.2, 0.25) is 0 Å². The number of H-pyrrole nitrogens is 1. The highest BCUT2D eigenvalue weighted by atomic mass is 16.5. The van der Waals surface area contributed by atoms with Crippen LogP contribution < -0.4 is 0 Å². The van der Waals surface area contributed by atoms with Crippen molar-refractivity contribution in [3.8, 4) is 0 Å². The van der Waals surface area contributed by atoms with Gasteiger partial charge in [0.1, 0.15) is 0 Å². The number of carbonyl (C=O) groups excluding carboxylic acids is 2. The fourth-order valence-electron chi connectivity index (χ4n) is 4.03. The summed E-state index contributed by atoms with van der Waals surface area (Å²) in [6, 6.07) is 8.19. The lowest BCUT2D eigenvalue weighted by atomic mass is 9.74. The number of aromatic amines is 1. The number of nitrogens with zero attached hydrogens (tertiary/aromatic N) is 1. The summed E-state index contributed by atoms with van der Waals surface area (Å²) in [6.45, 7) is 1.33. The van der Waals surface area contributed by atoms with Crippen LogP contribution in [0.2, 0.25) is 0 Å². The van der Waals surface area contributed by atoms with Gasteiger partial charge >= 0.3 is 5.97 Å². The number of carboxylic acid groups (broad SMARTS) is 1. The molecule has 0 unspecified atom stereocenters. The minimum absolute atomic E-state index is 0.121. The van der Waals surface area contributed by atoms with Gasteiger partial charge in [-0.25, -0.2) is 0 Å². The SMILES string of the molecule is O=C(c1ccc(C(=O)N2C[C@H]3COCC[C@@]3(C(=O)O)C2)cc1)c1cc[nH]c1. The predicted molar refractivity (Wildman–Crippen MR) is 95.6 cm³/mol. The monoisotopic (exact) mass is 368 g/mol. The molecule has 140 valence electrons. The predicted octanol–water partition coefficient (Wildman–Crippen LogP) is 1.81. The van der Waals surface area contributed by atoms with Gasteiger partial charge in [-0.2, -0.15) is 0 Å². The summed E-state index contributed by atoms with van der Waals surface area (Å²) in [5, 5.41) is 9.72. The van der Waals surface area contributed by atoms with Crippen molar-refractivity contribution in [3.63, 3.8) is 0 Å². The number of benzene rings is 1. The van der Waals surface area contributed by atoms with Crippen LogP contribution in [0.25, 0.3) is 0 Å². The number of rotatable bonds is 4. The van der Waals surface area contributed by atoms with Crippen molar-refractivity contribution < 1.29 is 24.2 Å². The van der Waals surface area contributed by atoms with E-state index in [1.165, 1.54) is 0 Å². The Balaban J connectivity index is 1.52. The van der Waals surface area contributed by atoms with Crippen LogP contribution in [0.15, 0.2) is 42.7 Å². The van der Waals surface area contributed by atoms with Crippen molar-refractivity contribution in [1.82, 2.24) is 9.88 Å². The maximum atomic E-state index is 12.9. The average Bonchev–Trinajstić information content (AvgIpc) is 3.35. The number of hydrogen-bond donors (Lipinski definition) is 2. The molecule has 2 saturated heterocycles. The molecule has 2 aliphatic rings. The van der Waals surface area contributed by atoms with E-state index in [0.29, 0.717) is 42.9 Å².